The number of rotatable bonds is 0. The van der Waals surface area contributed by atoms with E-state index in [2.05, 4.69) is 55.4 Å². The molecule has 0 unspecified atom stereocenters. The van der Waals surface area contributed by atoms with Crippen LogP contribution in [0.4, 0.5) is 0 Å². The van der Waals surface area contributed by atoms with E-state index >= 15 is 0 Å². The summed E-state index contributed by atoms with van der Waals surface area (Å²) >= 11 is 0. The molecule has 0 aromatic rings. The van der Waals surface area contributed by atoms with Crippen molar-refractivity contribution in [1.82, 2.24) is 0 Å². The van der Waals surface area contributed by atoms with Gasteiger partial charge in [0.1, 0.15) is 11.2 Å². The Balaban J connectivity index is 1.84. The molecule has 4 atom stereocenters. The molecule has 0 aromatic carbocycles. The summed E-state index contributed by atoms with van der Waals surface area (Å²) in [5.74, 6) is 0. The Hall–Kier alpha value is -0.120. The molecule has 3 saturated carbocycles. The van der Waals surface area contributed by atoms with Crippen LogP contribution in [0.15, 0.2) is 0 Å². The zero-order valence-electron chi connectivity index (χ0n) is 17.5. The van der Waals surface area contributed by atoms with Crippen molar-refractivity contribution in [3.8, 4) is 0 Å². The summed E-state index contributed by atoms with van der Waals surface area (Å²) in [5.41, 5.74) is -0.756. The summed E-state index contributed by atoms with van der Waals surface area (Å²) in [6.07, 6.45) is 7.27. The molecule has 3 aliphatic carbocycles. The molecule has 0 spiro atoms. The SMILES string of the molecule is CC1(C)CCCC(C)(C)[C@]23OO[C@]12[C@@]12O[C@@]31C(C)(C)CCCC2(C)C. The van der Waals surface area contributed by atoms with Crippen LogP contribution >= 0.6 is 0 Å². The van der Waals surface area contributed by atoms with Crippen molar-refractivity contribution in [3.63, 3.8) is 0 Å². The first-order valence-corrected chi connectivity index (χ1v) is 10.4. The van der Waals surface area contributed by atoms with Crippen molar-refractivity contribution >= 4 is 0 Å². The van der Waals surface area contributed by atoms with Gasteiger partial charge >= 0.3 is 0 Å². The first kappa shape index (κ1) is 17.0. The van der Waals surface area contributed by atoms with Gasteiger partial charge in [-0.1, -0.05) is 68.2 Å². The molecule has 0 radical (unpaired) electrons. The molecule has 0 N–H and O–H groups in total. The van der Waals surface area contributed by atoms with E-state index in [0.29, 0.717) is 0 Å². The topological polar surface area (TPSA) is 31.0 Å². The van der Waals surface area contributed by atoms with Gasteiger partial charge in [0, 0.05) is 10.8 Å². The summed E-state index contributed by atoms with van der Waals surface area (Å²) in [5, 5.41) is 0. The predicted molar refractivity (Wildman–Crippen MR) is 97.0 cm³/mol. The fraction of sp³-hybridized carbons (Fsp3) is 1.00. The smallest absolute Gasteiger partial charge is 0.176 e. The van der Waals surface area contributed by atoms with Crippen LogP contribution in [0.25, 0.3) is 0 Å². The average molecular weight is 349 g/mol. The maximum atomic E-state index is 7.07. The minimum absolute atomic E-state index is 0.0523. The number of epoxide rings is 1. The Morgan fingerprint density at radius 1 is 0.440 bits per heavy atom. The van der Waals surface area contributed by atoms with Crippen LogP contribution in [0.2, 0.25) is 0 Å². The first-order valence-electron chi connectivity index (χ1n) is 10.4. The quantitative estimate of drug-likeness (QED) is 0.432. The summed E-state index contributed by atoms with van der Waals surface area (Å²) < 4.78 is 7.07. The monoisotopic (exact) mass is 348 g/mol. The van der Waals surface area contributed by atoms with Crippen molar-refractivity contribution in [1.29, 1.82) is 0 Å². The van der Waals surface area contributed by atoms with Crippen LogP contribution in [-0.2, 0) is 14.5 Å². The molecule has 2 heterocycles. The van der Waals surface area contributed by atoms with Crippen LogP contribution in [0.1, 0.15) is 93.9 Å². The zero-order chi connectivity index (χ0) is 18.4. The van der Waals surface area contributed by atoms with E-state index in [4.69, 9.17) is 14.5 Å². The molecule has 3 heteroatoms. The molecule has 0 aromatic heterocycles. The molecule has 0 bridgehead atoms. The Morgan fingerprint density at radius 2 is 0.720 bits per heavy atom. The van der Waals surface area contributed by atoms with Gasteiger partial charge in [-0.2, -0.15) is 0 Å². The van der Waals surface area contributed by atoms with Gasteiger partial charge in [0.05, 0.1) is 0 Å². The van der Waals surface area contributed by atoms with Gasteiger partial charge in [0.2, 0.25) is 0 Å². The van der Waals surface area contributed by atoms with Crippen LogP contribution < -0.4 is 0 Å². The fourth-order valence-electron chi connectivity index (χ4n) is 8.57. The highest BCUT2D eigenvalue weighted by Gasteiger charge is 3.14. The normalized spacial score (nSPS) is 55.7. The highest BCUT2D eigenvalue weighted by atomic mass is 17.3. The first-order chi connectivity index (χ1) is 11.3. The predicted octanol–water partition coefficient (Wildman–Crippen LogP) is 5.42. The van der Waals surface area contributed by atoms with Crippen molar-refractivity contribution in [3.05, 3.63) is 0 Å². The maximum Gasteiger partial charge on any atom is 0.176 e. The van der Waals surface area contributed by atoms with E-state index in [9.17, 15) is 0 Å². The lowest BCUT2D eigenvalue weighted by Gasteiger charge is -2.79. The minimum Gasteiger partial charge on any atom is -0.354 e. The van der Waals surface area contributed by atoms with E-state index < -0.39 is 0 Å². The Bertz CT molecular complexity index is 608. The third-order valence-electron chi connectivity index (χ3n) is 9.56. The van der Waals surface area contributed by atoms with Gasteiger partial charge in [0.25, 0.3) is 0 Å². The largest absolute Gasteiger partial charge is 0.354 e. The van der Waals surface area contributed by atoms with Crippen LogP contribution in [-0.4, -0.2) is 22.4 Å². The van der Waals surface area contributed by atoms with E-state index in [-0.39, 0.29) is 44.1 Å². The molecular formula is C22H36O3. The summed E-state index contributed by atoms with van der Waals surface area (Å²) in [7, 11) is 0. The van der Waals surface area contributed by atoms with Gasteiger partial charge in [-0.25, -0.2) is 9.78 Å². The van der Waals surface area contributed by atoms with Crippen molar-refractivity contribution in [2.45, 2.75) is 116 Å². The lowest BCUT2D eigenvalue weighted by atomic mass is 9.30. The van der Waals surface area contributed by atoms with Crippen molar-refractivity contribution < 1.29 is 14.5 Å². The number of hydrogen-bond donors (Lipinski definition) is 0. The fourth-order valence-corrected chi connectivity index (χ4v) is 8.57. The lowest BCUT2D eigenvalue weighted by molar-refractivity contribution is -0.640. The van der Waals surface area contributed by atoms with Crippen LogP contribution in [0.3, 0.4) is 0 Å². The van der Waals surface area contributed by atoms with E-state index in [1.807, 2.05) is 0 Å². The van der Waals surface area contributed by atoms with Gasteiger partial charge in [0.15, 0.2) is 11.2 Å². The molecule has 2 saturated heterocycles. The second-order valence-electron chi connectivity index (χ2n) is 12.2. The van der Waals surface area contributed by atoms with Crippen LogP contribution in [0.5, 0.6) is 0 Å². The highest BCUT2D eigenvalue weighted by Crippen LogP contribution is 2.96. The molecule has 142 valence electrons. The molecule has 5 rings (SSSR count). The Morgan fingerprint density at radius 3 is 1.00 bits per heavy atom. The summed E-state index contributed by atoms with van der Waals surface area (Å²) in [6.45, 7) is 19.3. The molecule has 5 fully saturated rings. The van der Waals surface area contributed by atoms with Crippen molar-refractivity contribution in [2.75, 3.05) is 0 Å². The van der Waals surface area contributed by atoms with Crippen LogP contribution in [0, 0.1) is 21.7 Å². The summed E-state index contributed by atoms with van der Waals surface area (Å²) in [6, 6.07) is 0. The molecule has 25 heavy (non-hydrogen) atoms. The minimum atomic E-state index is -0.321. The van der Waals surface area contributed by atoms with Crippen molar-refractivity contribution in [2.24, 2.45) is 21.7 Å². The molecule has 5 aliphatic rings. The van der Waals surface area contributed by atoms with E-state index in [0.717, 1.165) is 0 Å². The zero-order valence-corrected chi connectivity index (χ0v) is 17.5. The molecular weight excluding hydrogens is 312 g/mol. The number of hydrogen-bond acceptors (Lipinski definition) is 3. The molecule has 2 aliphatic heterocycles. The standard InChI is InChI=1S/C22H36O3/c1-15(2)11-9-12-16(3,4)20-19(15,23-20)21-17(5,6)13-10-14-18(7,8)22(20,21)25-24-21/h9-14H2,1-8H3/t19-,20+,21-,22+. The molecule has 3 nitrogen and oxygen atoms in total. The molecule has 0 amide bonds. The van der Waals surface area contributed by atoms with E-state index in [1.54, 1.807) is 0 Å². The third-order valence-corrected chi connectivity index (χ3v) is 9.56. The number of ether oxygens (including phenoxy) is 1. The summed E-state index contributed by atoms with van der Waals surface area (Å²) in [4.78, 5) is 12.6. The Labute approximate surface area is 153 Å². The average Bonchev–Trinajstić information content (AvgIpc) is 3.06. The highest BCUT2D eigenvalue weighted by molar-refractivity contribution is 5.59. The maximum absolute atomic E-state index is 7.07. The van der Waals surface area contributed by atoms with Gasteiger partial charge in [-0.05, 0) is 36.5 Å². The Kier molecular flexibility index (Phi) is 2.63. The second-order valence-corrected chi connectivity index (χ2v) is 12.2. The second kappa shape index (κ2) is 3.86. The third kappa shape index (κ3) is 1.17. The van der Waals surface area contributed by atoms with Gasteiger partial charge < -0.3 is 4.74 Å². The van der Waals surface area contributed by atoms with E-state index in [1.165, 1.54) is 38.5 Å². The van der Waals surface area contributed by atoms with Gasteiger partial charge in [-0.15, -0.1) is 0 Å². The lowest BCUT2D eigenvalue weighted by Crippen LogP contribution is -2.99. The van der Waals surface area contributed by atoms with Gasteiger partial charge in [-0.3, -0.25) is 0 Å².